The molecule has 0 fully saturated rings. The Morgan fingerprint density at radius 3 is 2.27 bits per heavy atom. The van der Waals surface area contributed by atoms with Crippen molar-refractivity contribution in [1.29, 1.82) is 0 Å². The van der Waals surface area contributed by atoms with E-state index in [1.165, 1.54) is 11.3 Å². The van der Waals surface area contributed by atoms with Crippen molar-refractivity contribution in [2.75, 3.05) is 13.2 Å². The van der Waals surface area contributed by atoms with E-state index in [2.05, 4.69) is 4.99 Å². The summed E-state index contributed by atoms with van der Waals surface area (Å²) in [6.07, 6.45) is 4.08. The van der Waals surface area contributed by atoms with Crippen LogP contribution in [0.1, 0.15) is 97.0 Å². The minimum Gasteiger partial charge on any atom is -0.462 e. The molecule has 2 unspecified atom stereocenters. The van der Waals surface area contributed by atoms with Crippen molar-refractivity contribution in [3.8, 4) is 0 Å². The maximum Gasteiger partial charge on any atom is 0.342 e. The zero-order chi connectivity index (χ0) is 24.6. The van der Waals surface area contributed by atoms with Gasteiger partial charge in [0.2, 0.25) is 0 Å². The first-order valence-corrected chi connectivity index (χ1v) is 12.2. The lowest BCUT2D eigenvalue weighted by atomic mass is 9.81. The van der Waals surface area contributed by atoms with Gasteiger partial charge in [0.05, 0.1) is 18.8 Å². The van der Waals surface area contributed by atoms with E-state index in [-0.39, 0.29) is 30.3 Å². The number of carbonyl (C=O) groups excluding carboxylic acids is 3. The number of rotatable bonds is 11. The summed E-state index contributed by atoms with van der Waals surface area (Å²) in [5.74, 6) is -1.08. The zero-order valence-corrected chi connectivity index (χ0v) is 21.1. The molecule has 1 heterocycles. The molecule has 1 aromatic heterocycles. The standard InChI is InChI=1S/C26H33NO5S/c1-7-17(5)22-20(24(29)31-9-3)21(25(30)32-10-4)23(33-22)27-15-18-12-11-13-19(14-18)26(6,8-2)16-28/h11-17H,7-10H2,1-6H3/b27-15+. The molecule has 1 aromatic carbocycles. The molecule has 2 rings (SSSR count). The van der Waals surface area contributed by atoms with Gasteiger partial charge in [-0.1, -0.05) is 39.0 Å². The second-order valence-corrected chi connectivity index (χ2v) is 9.07. The van der Waals surface area contributed by atoms with Crippen molar-refractivity contribution in [1.82, 2.24) is 0 Å². The Balaban J connectivity index is 2.62. The predicted molar refractivity (Wildman–Crippen MR) is 132 cm³/mol. The lowest BCUT2D eigenvalue weighted by Crippen LogP contribution is -2.22. The van der Waals surface area contributed by atoms with Crippen LogP contribution in [0.3, 0.4) is 0 Å². The normalized spacial score (nSPS) is 14.0. The van der Waals surface area contributed by atoms with Gasteiger partial charge in [0.15, 0.2) is 0 Å². The third-order valence-electron chi connectivity index (χ3n) is 5.81. The molecule has 0 aliphatic rings. The van der Waals surface area contributed by atoms with Gasteiger partial charge in [0.1, 0.15) is 16.9 Å². The van der Waals surface area contributed by atoms with Gasteiger partial charge in [-0.25, -0.2) is 14.6 Å². The summed E-state index contributed by atoms with van der Waals surface area (Å²) in [6, 6.07) is 7.60. The Kier molecular flexibility index (Phi) is 9.53. The van der Waals surface area contributed by atoms with Gasteiger partial charge >= 0.3 is 11.9 Å². The molecule has 6 nitrogen and oxygen atoms in total. The molecule has 0 aliphatic carbocycles. The molecule has 0 bridgehead atoms. The summed E-state index contributed by atoms with van der Waals surface area (Å²) < 4.78 is 10.5. The van der Waals surface area contributed by atoms with E-state index < -0.39 is 17.4 Å². The fourth-order valence-electron chi connectivity index (χ4n) is 3.32. The molecule has 7 heteroatoms. The van der Waals surface area contributed by atoms with E-state index in [1.54, 1.807) is 20.1 Å². The minimum atomic E-state index is -0.591. The fourth-order valence-corrected chi connectivity index (χ4v) is 4.58. The minimum absolute atomic E-state index is 0.0488. The smallest absolute Gasteiger partial charge is 0.342 e. The molecule has 0 spiro atoms. The molecule has 2 aromatic rings. The van der Waals surface area contributed by atoms with Crippen molar-refractivity contribution < 1.29 is 23.9 Å². The molecule has 0 amide bonds. The van der Waals surface area contributed by atoms with Crippen molar-refractivity contribution in [3.05, 3.63) is 51.4 Å². The van der Waals surface area contributed by atoms with Gasteiger partial charge < -0.3 is 14.3 Å². The maximum atomic E-state index is 12.9. The van der Waals surface area contributed by atoms with Gasteiger partial charge in [-0.05, 0) is 56.7 Å². The van der Waals surface area contributed by atoms with Crippen LogP contribution in [0, 0.1) is 0 Å². The number of hydrogen-bond acceptors (Lipinski definition) is 7. The number of hydrogen-bond donors (Lipinski definition) is 0. The van der Waals surface area contributed by atoms with Gasteiger partial charge in [0, 0.05) is 16.5 Å². The monoisotopic (exact) mass is 471 g/mol. The van der Waals surface area contributed by atoms with Crippen LogP contribution >= 0.6 is 11.3 Å². The third kappa shape index (κ3) is 5.96. The van der Waals surface area contributed by atoms with Gasteiger partial charge in [-0.2, -0.15) is 0 Å². The van der Waals surface area contributed by atoms with Crippen LogP contribution in [0.25, 0.3) is 0 Å². The SMILES string of the molecule is CCOC(=O)c1c(/N=C/c2cccc(C(C)(C=O)CC)c2)sc(C(C)CC)c1C(=O)OCC. The molecule has 0 radical (unpaired) electrons. The number of aldehydes is 1. The van der Waals surface area contributed by atoms with Crippen LogP contribution in [0.15, 0.2) is 29.3 Å². The number of carbonyl (C=O) groups is 3. The number of benzene rings is 1. The quantitative estimate of drug-likeness (QED) is 0.220. The Bertz CT molecular complexity index is 1030. The first-order chi connectivity index (χ1) is 15.8. The maximum absolute atomic E-state index is 12.9. The number of esters is 2. The molecule has 2 atom stereocenters. The average Bonchev–Trinajstić information content (AvgIpc) is 3.22. The van der Waals surface area contributed by atoms with Crippen molar-refractivity contribution >= 4 is 40.8 Å². The summed E-state index contributed by atoms with van der Waals surface area (Å²) >= 11 is 1.31. The van der Waals surface area contributed by atoms with Crippen molar-refractivity contribution in [2.24, 2.45) is 4.99 Å². The summed E-state index contributed by atoms with van der Waals surface area (Å²) in [4.78, 5) is 42.7. The van der Waals surface area contributed by atoms with Crippen LogP contribution in [-0.4, -0.2) is 37.7 Å². The Labute approximate surface area is 200 Å². The van der Waals surface area contributed by atoms with Crippen LogP contribution < -0.4 is 0 Å². The molecule has 0 saturated heterocycles. The highest BCUT2D eigenvalue weighted by Crippen LogP contribution is 2.41. The predicted octanol–water partition coefficient (Wildman–Crippen LogP) is 6.23. The number of aliphatic imine (C=N–C) groups is 1. The lowest BCUT2D eigenvalue weighted by molar-refractivity contribution is -0.112. The van der Waals surface area contributed by atoms with E-state index >= 15 is 0 Å². The molecule has 33 heavy (non-hydrogen) atoms. The fraction of sp³-hybridized carbons (Fsp3) is 0.462. The van der Waals surface area contributed by atoms with Crippen LogP contribution in [-0.2, 0) is 19.7 Å². The van der Waals surface area contributed by atoms with E-state index in [0.717, 1.165) is 28.7 Å². The van der Waals surface area contributed by atoms with Gasteiger partial charge in [0.25, 0.3) is 0 Å². The summed E-state index contributed by atoms with van der Waals surface area (Å²) in [5, 5.41) is 0.408. The molecule has 0 aliphatic heterocycles. The summed E-state index contributed by atoms with van der Waals surface area (Å²) in [5.41, 5.74) is 1.50. The second kappa shape index (κ2) is 11.9. The third-order valence-corrected chi connectivity index (χ3v) is 7.14. The molecular weight excluding hydrogens is 438 g/mol. The molecule has 178 valence electrons. The van der Waals surface area contributed by atoms with E-state index in [4.69, 9.17) is 9.47 Å². The van der Waals surface area contributed by atoms with E-state index in [0.29, 0.717) is 11.4 Å². The topological polar surface area (TPSA) is 82.0 Å². The van der Waals surface area contributed by atoms with Gasteiger partial charge in [-0.3, -0.25) is 0 Å². The highest BCUT2D eigenvalue weighted by Gasteiger charge is 2.31. The summed E-state index contributed by atoms with van der Waals surface area (Å²) in [6.45, 7) is 11.7. The average molecular weight is 472 g/mol. The van der Waals surface area contributed by atoms with Crippen molar-refractivity contribution in [3.63, 3.8) is 0 Å². The van der Waals surface area contributed by atoms with Gasteiger partial charge in [-0.15, -0.1) is 11.3 Å². The summed E-state index contributed by atoms with van der Waals surface area (Å²) in [7, 11) is 0. The first kappa shape index (κ1) is 26.5. The zero-order valence-electron chi connectivity index (χ0n) is 20.3. The Morgan fingerprint density at radius 1 is 1.09 bits per heavy atom. The molecular formula is C26H33NO5S. The van der Waals surface area contributed by atoms with E-state index in [1.807, 2.05) is 52.0 Å². The molecule has 0 saturated carbocycles. The lowest BCUT2D eigenvalue weighted by Gasteiger charge is -2.21. The number of thiophene rings is 1. The number of ether oxygens (including phenoxy) is 2. The Hall–Kier alpha value is -2.80. The Morgan fingerprint density at radius 2 is 1.73 bits per heavy atom. The van der Waals surface area contributed by atoms with Crippen LogP contribution in [0.4, 0.5) is 5.00 Å². The van der Waals surface area contributed by atoms with Crippen LogP contribution in [0.2, 0.25) is 0 Å². The second-order valence-electron chi connectivity index (χ2n) is 8.04. The molecule has 0 N–H and O–H groups in total. The largest absolute Gasteiger partial charge is 0.462 e. The van der Waals surface area contributed by atoms with Crippen LogP contribution in [0.5, 0.6) is 0 Å². The first-order valence-electron chi connectivity index (χ1n) is 11.4. The number of nitrogens with zero attached hydrogens (tertiary/aromatic N) is 1. The van der Waals surface area contributed by atoms with Crippen molar-refractivity contribution in [2.45, 2.75) is 65.7 Å². The highest BCUT2D eigenvalue weighted by atomic mass is 32.1. The highest BCUT2D eigenvalue weighted by molar-refractivity contribution is 7.16. The van der Waals surface area contributed by atoms with E-state index in [9.17, 15) is 14.4 Å².